The largest absolute Gasteiger partial charge is 0.481 e. The minimum atomic E-state index is -1.05. The number of carboxylic acids is 1. The number of tetrazole rings is 1. The number of halogens is 3. The highest BCUT2D eigenvalue weighted by Gasteiger charge is 2.16. The van der Waals surface area contributed by atoms with Crippen LogP contribution in [0.1, 0.15) is 6.42 Å². The Morgan fingerprint density at radius 1 is 1.24 bits per heavy atom. The number of aliphatic carboxylic acids is 1. The lowest BCUT2D eigenvalue weighted by Gasteiger charge is -2.08. The molecule has 4 rings (SSSR count). The first-order chi connectivity index (χ1) is 15.4. The maximum Gasteiger partial charge on any atom is 0.304 e. The molecule has 0 aliphatic rings. The Kier molecular flexibility index (Phi) is 7.25. The third-order valence-electron chi connectivity index (χ3n) is 4.30. The molecule has 0 saturated heterocycles. The van der Waals surface area contributed by atoms with Crippen LogP contribution in [-0.2, 0) is 11.3 Å². The van der Waals surface area contributed by atoms with Gasteiger partial charge in [-0.1, -0.05) is 0 Å². The monoisotopic (exact) mass is 478 g/mol. The Hall–Kier alpha value is -3.97. The summed E-state index contributed by atoms with van der Waals surface area (Å²) in [6.07, 6.45) is 2.65. The Morgan fingerprint density at radius 3 is 2.73 bits per heavy atom. The molecule has 0 fully saturated rings. The van der Waals surface area contributed by atoms with Gasteiger partial charge in [0.15, 0.2) is 5.82 Å². The van der Waals surface area contributed by atoms with Crippen molar-refractivity contribution in [1.82, 2.24) is 35.4 Å². The summed E-state index contributed by atoms with van der Waals surface area (Å²) in [5, 5.41) is 26.8. The van der Waals surface area contributed by atoms with Gasteiger partial charge in [0.2, 0.25) is 5.82 Å². The summed E-state index contributed by atoms with van der Waals surface area (Å²) < 4.78 is 34.3. The maximum absolute atomic E-state index is 14.6. The number of carboxylic acid groups (broad SMARTS) is 1. The van der Waals surface area contributed by atoms with E-state index in [9.17, 15) is 13.6 Å². The van der Waals surface area contributed by atoms with Crippen molar-refractivity contribution in [3.63, 3.8) is 0 Å². The number of ether oxygens (including phenoxy) is 1. The van der Waals surface area contributed by atoms with Gasteiger partial charge in [-0.2, -0.15) is 9.90 Å². The van der Waals surface area contributed by atoms with E-state index in [-0.39, 0.29) is 48.4 Å². The highest BCUT2D eigenvalue weighted by molar-refractivity contribution is 5.85. The number of aromatic nitrogens is 7. The van der Waals surface area contributed by atoms with Gasteiger partial charge in [0.05, 0.1) is 24.2 Å². The number of hydrogen-bond donors (Lipinski definition) is 3. The molecule has 1 atom stereocenters. The molecule has 3 aromatic heterocycles. The SMILES string of the molecule is Cl.N[C@@H](CC(=O)O)Cn1nnc(-c2ccc(Oc3ncc(-c4ccn[nH]4)cc3F)cc2F)n1. The van der Waals surface area contributed by atoms with Crippen LogP contribution in [0.4, 0.5) is 8.78 Å². The number of nitrogens with zero attached hydrogens (tertiary/aromatic N) is 6. The van der Waals surface area contributed by atoms with Gasteiger partial charge in [-0.25, -0.2) is 13.8 Å². The molecule has 3 heterocycles. The van der Waals surface area contributed by atoms with Crippen molar-refractivity contribution in [2.24, 2.45) is 5.73 Å². The van der Waals surface area contributed by atoms with Gasteiger partial charge in [-0.05, 0) is 29.5 Å². The zero-order chi connectivity index (χ0) is 22.7. The third kappa shape index (κ3) is 5.64. The second-order valence-corrected chi connectivity index (χ2v) is 6.75. The van der Waals surface area contributed by atoms with E-state index in [0.29, 0.717) is 11.3 Å². The molecule has 0 unspecified atom stereocenters. The van der Waals surface area contributed by atoms with Crippen LogP contribution < -0.4 is 10.5 Å². The summed E-state index contributed by atoms with van der Waals surface area (Å²) in [6, 6.07) is 5.94. The summed E-state index contributed by atoms with van der Waals surface area (Å²) in [6.45, 7) is 0.00159. The molecule has 0 amide bonds. The number of pyridine rings is 1. The van der Waals surface area contributed by atoms with Crippen LogP contribution in [0.15, 0.2) is 42.7 Å². The molecule has 0 bridgehead atoms. The third-order valence-corrected chi connectivity index (χ3v) is 4.30. The first-order valence-electron chi connectivity index (χ1n) is 9.27. The highest BCUT2D eigenvalue weighted by Crippen LogP contribution is 2.29. The zero-order valence-corrected chi connectivity index (χ0v) is 17.5. The van der Waals surface area contributed by atoms with E-state index in [4.69, 9.17) is 15.6 Å². The number of aromatic amines is 1. The minimum absolute atomic E-state index is 0. The number of H-pyrrole nitrogens is 1. The topological polar surface area (TPSA) is 158 Å². The van der Waals surface area contributed by atoms with Crippen molar-refractivity contribution in [3.8, 4) is 34.3 Å². The number of carbonyl (C=O) groups is 1. The van der Waals surface area contributed by atoms with E-state index >= 15 is 0 Å². The maximum atomic E-state index is 14.6. The average Bonchev–Trinajstić information content (AvgIpc) is 3.41. The standard InChI is InChI=1S/C19H16F2N8O3.ClH/c20-14-7-12(32-19-15(21)5-10(8-23-19)16-3-4-24-25-16)1-2-13(14)18-26-28-29(27-18)9-11(22)6-17(30)31;/h1-5,7-8,11H,6,9,22H2,(H,24,25)(H,30,31);1H/t11-;/m0./s1. The van der Waals surface area contributed by atoms with Crippen molar-refractivity contribution in [2.75, 3.05) is 0 Å². The van der Waals surface area contributed by atoms with Crippen molar-refractivity contribution in [1.29, 1.82) is 0 Å². The second kappa shape index (κ2) is 10.1. The second-order valence-electron chi connectivity index (χ2n) is 6.75. The molecule has 14 heteroatoms. The molecule has 1 aromatic carbocycles. The molecule has 0 aliphatic carbocycles. The van der Waals surface area contributed by atoms with E-state index in [1.165, 1.54) is 30.6 Å². The fourth-order valence-corrected chi connectivity index (χ4v) is 2.84. The predicted octanol–water partition coefficient (Wildman–Crippen LogP) is 2.42. The lowest BCUT2D eigenvalue weighted by molar-refractivity contribution is -0.137. The summed E-state index contributed by atoms with van der Waals surface area (Å²) in [5.41, 5.74) is 6.78. The fourth-order valence-electron chi connectivity index (χ4n) is 2.84. The summed E-state index contributed by atoms with van der Waals surface area (Å²) in [5.74, 6) is -2.85. The molecular weight excluding hydrogens is 462 g/mol. The summed E-state index contributed by atoms with van der Waals surface area (Å²) in [7, 11) is 0. The quantitative estimate of drug-likeness (QED) is 0.345. The molecule has 0 radical (unpaired) electrons. The first kappa shape index (κ1) is 23.7. The Morgan fingerprint density at radius 2 is 2.06 bits per heavy atom. The molecule has 4 aromatic rings. The van der Waals surface area contributed by atoms with Crippen LogP contribution in [-0.4, -0.2) is 52.5 Å². The van der Waals surface area contributed by atoms with Gasteiger partial charge < -0.3 is 15.6 Å². The number of nitrogens with two attached hydrogens (primary N) is 1. The van der Waals surface area contributed by atoms with E-state index in [1.807, 2.05) is 0 Å². The zero-order valence-electron chi connectivity index (χ0n) is 16.7. The highest BCUT2D eigenvalue weighted by atomic mass is 35.5. The van der Waals surface area contributed by atoms with Crippen molar-refractivity contribution < 1.29 is 23.4 Å². The molecule has 0 aliphatic heterocycles. The van der Waals surface area contributed by atoms with E-state index in [1.54, 1.807) is 6.07 Å². The number of rotatable bonds is 8. The van der Waals surface area contributed by atoms with Crippen LogP contribution in [0.2, 0.25) is 0 Å². The van der Waals surface area contributed by atoms with Crippen molar-refractivity contribution in [3.05, 3.63) is 54.4 Å². The summed E-state index contributed by atoms with van der Waals surface area (Å²) in [4.78, 5) is 15.7. The molecule has 4 N–H and O–H groups in total. The summed E-state index contributed by atoms with van der Waals surface area (Å²) >= 11 is 0. The number of hydrogen-bond acceptors (Lipinski definition) is 8. The lowest BCUT2D eigenvalue weighted by atomic mass is 10.2. The van der Waals surface area contributed by atoms with Crippen molar-refractivity contribution >= 4 is 18.4 Å². The molecule has 0 saturated carbocycles. The average molecular weight is 479 g/mol. The first-order valence-corrected chi connectivity index (χ1v) is 9.27. The molecular formula is C19H17ClF2N8O3. The van der Waals surface area contributed by atoms with E-state index in [2.05, 4.69) is 30.6 Å². The van der Waals surface area contributed by atoms with Gasteiger partial charge in [0, 0.05) is 30.1 Å². The van der Waals surface area contributed by atoms with Gasteiger partial charge in [-0.15, -0.1) is 22.6 Å². The molecule has 11 nitrogen and oxygen atoms in total. The Balaban J connectivity index is 0.00000306. The van der Waals surface area contributed by atoms with Crippen LogP contribution >= 0.6 is 12.4 Å². The lowest BCUT2D eigenvalue weighted by Crippen LogP contribution is -2.30. The molecule has 0 spiro atoms. The van der Waals surface area contributed by atoms with Gasteiger partial charge in [0.1, 0.15) is 11.6 Å². The fraction of sp³-hybridized carbons (Fsp3) is 0.158. The number of nitrogens with one attached hydrogen (secondary N) is 1. The normalized spacial score (nSPS) is 11.6. The Bertz CT molecular complexity index is 1250. The molecule has 33 heavy (non-hydrogen) atoms. The molecule has 172 valence electrons. The van der Waals surface area contributed by atoms with E-state index in [0.717, 1.165) is 10.9 Å². The minimum Gasteiger partial charge on any atom is -0.481 e. The van der Waals surface area contributed by atoms with Crippen LogP contribution in [0.25, 0.3) is 22.6 Å². The Labute approximate surface area is 191 Å². The predicted molar refractivity (Wildman–Crippen MR) is 113 cm³/mol. The van der Waals surface area contributed by atoms with Crippen LogP contribution in [0, 0.1) is 11.6 Å². The van der Waals surface area contributed by atoms with Crippen molar-refractivity contribution in [2.45, 2.75) is 19.0 Å². The smallest absolute Gasteiger partial charge is 0.304 e. The van der Waals surface area contributed by atoms with Crippen LogP contribution in [0.3, 0.4) is 0 Å². The van der Waals surface area contributed by atoms with Gasteiger partial charge in [-0.3, -0.25) is 9.89 Å². The van der Waals surface area contributed by atoms with Gasteiger partial charge >= 0.3 is 5.97 Å². The van der Waals surface area contributed by atoms with Gasteiger partial charge in [0.25, 0.3) is 5.88 Å². The number of benzene rings is 1. The van der Waals surface area contributed by atoms with E-state index < -0.39 is 23.6 Å². The van der Waals surface area contributed by atoms with Crippen LogP contribution in [0.5, 0.6) is 11.6 Å².